The molecule has 0 fully saturated rings. The predicted octanol–water partition coefficient (Wildman–Crippen LogP) is 1.76. The van der Waals surface area contributed by atoms with Gasteiger partial charge in [0.25, 0.3) is 0 Å². The Kier molecular flexibility index (Phi) is 3.52. The minimum absolute atomic E-state index is 0.399. The van der Waals surface area contributed by atoms with Crippen molar-refractivity contribution >= 4 is 11.0 Å². The van der Waals surface area contributed by atoms with Gasteiger partial charge in [0.1, 0.15) is 5.82 Å². The lowest BCUT2D eigenvalue weighted by atomic mass is 10.2. The topological polar surface area (TPSA) is 55.9 Å². The van der Waals surface area contributed by atoms with Gasteiger partial charge in [0.15, 0.2) is 0 Å². The number of benzene rings is 1. The zero-order valence-corrected chi connectivity index (χ0v) is 11.5. The van der Waals surface area contributed by atoms with Crippen LogP contribution in [0.3, 0.4) is 0 Å². The molecule has 1 unspecified atom stereocenters. The molecule has 3 aromatic rings. The van der Waals surface area contributed by atoms with E-state index in [1.54, 1.807) is 12.5 Å². The highest BCUT2D eigenvalue weighted by Gasteiger charge is 2.10. The van der Waals surface area contributed by atoms with Crippen molar-refractivity contribution in [3.8, 4) is 0 Å². The van der Waals surface area contributed by atoms with Gasteiger partial charge in [0, 0.05) is 25.9 Å². The molecule has 2 heterocycles. The summed E-state index contributed by atoms with van der Waals surface area (Å²) in [6.07, 6.45) is 6.56. The lowest BCUT2D eigenvalue weighted by Crippen LogP contribution is -2.17. The third-order valence-corrected chi connectivity index (χ3v) is 3.56. The van der Waals surface area contributed by atoms with E-state index in [0.717, 1.165) is 23.3 Å². The first-order valence-corrected chi connectivity index (χ1v) is 6.78. The number of aliphatic hydroxyl groups excluding tert-OH is 1. The zero-order valence-electron chi connectivity index (χ0n) is 11.5. The fraction of sp³-hybridized carbons (Fsp3) is 0.333. The van der Waals surface area contributed by atoms with Gasteiger partial charge in [-0.2, -0.15) is 0 Å². The smallest absolute Gasteiger partial charge is 0.108 e. The third kappa shape index (κ3) is 2.58. The van der Waals surface area contributed by atoms with Crippen molar-refractivity contribution in [3.05, 3.63) is 48.8 Å². The number of fused-ring (bicyclic) bond motifs is 1. The molecule has 20 heavy (non-hydrogen) atoms. The molecule has 0 aliphatic heterocycles. The molecule has 5 heteroatoms. The second-order valence-electron chi connectivity index (χ2n) is 5.03. The molecular weight excluding hydrogens is 252 g/mol. The fourth-order valence-corrected chi connectivity index (χ4v) is 2.41. The predicted molar refractivity (Wildman–Crippen MR) is 77.3 cm³/mol. The van der Waals surface area contributed by atoms with Crippen LogP contribution in [0.5, 0.6) is 0 Å². The van der Waals surface area contributed by atoms with Crippen LogP contribution in [0.2, 0.25) is 0 Å². The van der Waals surface area contributed by atoms with E-state index in [2.05, 4.69) is 9.97 Å². The second kappa shape index (κ2) is 5.46. The van der Waals surface area contributed by atoms with Gasteiger partial charge >= 0.3 is 0 Å². The van der Waals surface area contributed by atoms with Crippen LogP contribution in [0.4, 0.5) is 0 Å². The summed E-state index contributed by atoms with van der Waals surface area (Å²) < 4.78 is 3.98. The van der Waals surface area contributed by atoms with Crippen LogP contribution in [-0.2, 0) is 20.0 Å². The van der Waals surface area contributed by atoms with E-state index < -0.39 is 6.10 Å². The van der Waals surface area contributed by atoms with Gasteiger partial charge in [-0.3, -0.25) is 0 Å². The fourth-order valence-electron chi connectivity index (χ4n) is 2.41. The lowest BCUT2D eigenvalue weighted by molar-refractivity contribution is 0.145. The first kappa shape index (κ1) is 12.9. The third-order valence-electron chi connectivity index (χ3n) is 3.56. The van der Waals surface area contributed by atoms with Crippen LogP contribution in [0.25, 0.3) is 11.0 Å². The lowest BCUT2D eigenvalue weighted by Gasteiger charge is -2.12. The highest BCUT2D eigenvalue weighted by Crippen LogP contribution is 2.13. The summed E-state index contributed by atoms with van der Waals surface area (Å²) >= 11 is 0. The van der Waals surface area contributed by atoms with Gasteiger partial charge < -0.3 is 14.2 Å². The van der Waals surface area contributed by atoms with Gasteiger partial charge in [-0.15, -0.1) is 0 Å². The first-order chi connectivity index (χ1) is 9.74. The standard InChI is InChI=1S/C15H18N4O/c1-18-9-8-16-15(18)7-6-12(20)10-19-11-17-13-4-2-3-5-14(13)19/h2-5,8-9,11-12,20H,6-7,10H2,1H3. The van der Waals surface area contributed by atoms with Crippen LogP contribution in [0, 0.1) is 0 Å². The largest absolute Gasteiger partial charge is 0.391 e. The maximum Gasteiger partial charge on any atom is 0.108 e. The highest BCUT2D eigenvalue weighted by molar-refractivity contribution is 5.74. The van der Waals surface area contributed by atoms with E-state index in [1.807, 2.05) is 46.6 Å². The van der Waals surface area contributed by atoms with Crippen molar-refractivity contribution in [2.45, 2.75) is 25.5 Å². The molecule has 5 nitrogen and oxygen atoms in total. The van der Waals surface area contributed by atoms with Gasteiger partial charge in [-0.25, -0.2) is 9.97 Å². The number of imidazole rings is 2. The van der Waals surface area contributed by atoms with Crippen molar-refractivity contribution in [1.29, 1.82) is 0 Å². The first-order valence-electron chi connectivity index (χ1n) is 6.78. The van der Waals surface area contributed by atoms with Crippen molar-refractivity contribution in [3.63, 3.8) is 0 Å². The molecule has 2 aromatic heterocycles. The van der Waals surface area contributed by atoms with Gasteiger partial charge in [0.05, 0.1) is 30.0 Å². The Morgan fingerprint density at radius 2 is 2.10 bits per heavy atom. The Labute approximate surface area is 117 Å². The summed E-state index contributed by atoms with van der Waals surface area (Å²) in [5.74, 6) is 1.000. The highest BCUT2D eigenvalue weighted by atomic mass is 16.3. The van der Waals surface area contributed by atoms with Crippen LogP contribution < -0.4 is 0 Å². The number of aliphatic hydroxyl groups is 1. The second-order valence-corrected chi connectivity index (χ2v) is 5.03. The summed E-state index contributed by atoms with van der Waals surface area (Å²) in [6.45, 7) is 0.560. The zero-order chi connectivity index (χ0) is 13.9. The monoisotopic (exact) mass is 270 g/mol. The van der Waals surface area contributed by atoms with Gasteiger partial charge in [-0.1, -0.05) is 12.1 Å². The summed E-state index contributed by atoms with van der Waals surface area (Å²) in [5, 5.41) is 10.2. The summed E-state index contributed by atoms with van der Waals surface area (Å²) in [4.78, 5) is 8.60. The molecule has 0 aliphatic carbocycles. The minimum atomic E-state index is -0.399. The van der Waals surface area contributed by atoms with E-state index in [9.17, 15) is 5.11 Å². The van der Waals surface area contributed by atoms with E-state index in [4.69, 9.17) is 0 Å². The molecule has 1 aromatic carbocycles. The number of hydrogen-bond donors (Lipinski definition) is 1. The molecule has 0 aliphatic rings. The number of hydrogen-bond acceptors (Lipinski definition) is 3. The molecule has 0 radical (unpaired) electrons. The van der Waals surface area contributed by atoms with Crippen molar-refractivity contribution < 1.29 is 5.11 Å². The number of aryl methyl sites for hydroxylation is 2. The molecule has 0 bridgehead atoms. The minimum Gasteiger partial charge on any atom is -0.391 e. The van der Waals surface area contributed by atoms with E-state index in [0.29, 0.717) is 13.0 Å². The number of nitrogens with zero attached hydrogens (tertiary/aromatic N) is 4. The van der Waals surface area contributed by atoms with Crippen molar-refractivity contribution in [2.75, 3.05) is 0 Å². The Hall–Kier alpha value is -2.14. The average Bonchev–Trinajstić information content (AvgIpc) is 3.04. The normalized spacial score (nSPS) is 12.9. The van der Waals surface area contributed by atoms with Gasteiger partial charge in [-0.05, 0) is 18.6 Å². The molecule has 1 N–H and O–H groups in total. The Morgan fingerprint density at radius 1 is 1.25 bits per heavy atom. The van der Waals surface area contributed by atoms with E-state index in [-0.39, 0.29) is 0 Å². The maximum absolute atomic E-state index is 10.2. The van der Waals surface area contributed by atoms with Crippen LogP contribution in [0.15, 0.2) is 43.0 Å². The number of aromatic nitrogens is 4. The van der Waals surface area contributed by atoms with Crippen LogP contribution in [-0.4, -0.2) is 30.3 Å². The Morgan fingerprint density at radius 3 is 2.90 bits per heavy atom. The molecular formula is C15H18N4O. The molecule has 0 saturated heterocycles. The molecule has 0 saturated carbocycles. The molecule has 1 atom stereocenters. The maximum atomic E-state index is 10.2. The number of rotatable bonds is 5. The Balaban J connectivity index is 1.64. The van der Waals surface area contributed by atoms with Crippen molar-refractivity contribution in [2.24, 2.45) is 7.05 Å². The van der Waals surface area contributed by atoms with Gasteiger partial charge in [0.2, 0.25) is 0 Å². The molecule has 0 spiro atoms. The van der Waals surface area contributed by atoms with E-state index in [1.165, 1.54) is 0 Å². The summed E-state index contributed by atoms with van der Waals surface area (Å²) in [5.41, 5.74) is 2.02. The average molecular weight is 270 g/mol. The molecule has 0 amide bonds. The summed E-state index contributed by atoms with van der Waals surface area (Å²) in [6, 6.07) is 7.96. The SMILES string of the molecule is Cn1ccnc1CCC(O)Cn1cnc2ccccc21. The quantitative estimate of drug-likeness (QED) is 0.768. The van der Waals surface area contributed by atoms with Crippen molar-refractivity contribution in [1.82, 2.24) is 19.1 Å². The van der Waals surface area contributed by atoms with E-state index >= 15 is 0 Å². The molecule has 3 rings (SSSR count). The number of para-hydroxylation sites is 2. The van der Waals surface area contributed by atoms with Crippen LogP contribution in [0.1, 0.15) is 12.2 Å². The van der Waals surface area contributed by atoms with Crippen LogP contribution >= 0.6 is 0 Å². The molecule has 104 valence electrons. The summed E-state index contributed by atoms with van der Waals surface area (Å²) in [7, 11) is 1.97. The Bertz CT molecular complexity index is 701.